The predicted molar refractivity (Wildman–Crippen MR) is 134 cm³/mol. The van der Waals surface area contributed by atoms with Crippen molar-refractivity contribution in [3.05, 3.63) is 79.4 Å². The van der Waals surface area contributed by atoms with Crippen LogP contribution in [0.3, 0.4) is 0 Å². The lowest BCUT2D eigenvalue weighted by molar-refractivity contribution is 0.579. The first-order valence-electron chi connectivity index (χ1n) is 10.5. The molecule has 0 fully saturated rings. The predicted octanol–water partition coefficient (Wildman–Crippen LogP) is 3.78. The van der Waals surface area contributed by atoms with Gasteiger partial charge in [-0.1, -0.05) is 12.1 Å². The molecule has 0 aliphatic carbocycles. The maximum atomic E-state index is 13.1. The Bertz CT molecular complexity index is 1750. The molecule has 0 aliphatic heterocycles. The number of hydrogen-bond acceptors (Lipinski definition) is 7. The lowest BCUT2D eigenvalue weighted by Gasteiger charge is -2.05. The van der Waals surface area contributed by atoms with Gasteiger partial charge < -0.3 is 10.3 Å². The second kappa shape index (κ2) is 8.36. The van der Waals surface area contributed by atoms with Gasteiger partial charge in [-0.25, -0.2) is 13.4 Å². The van der Waals surface area contributed by atoms with Gasteiger partial charge in [-0.15, -0.1) is 0 Å². The molecule has 0 bridgehead atoms. The van der Waals surface area contributed by atoms with E-state index in [0.29, 0.717) is 11.2 Å². The number of nitrogens with one attached hydrogen (secondary N) is 2. The average Bonchev–Trinajstić information content (AvgIpc) is 3.51. The molecule has 0 saturated heterocycles. The summed E-state index contributed by atoms with van der Waals surface area (Å²) in [6.45, 7) is 0. The summed E-state index contributed by atoms with van der Waals surface area (Å²) in [6.07, 6.45) is 7.51. The summed E-state index contributed by atoms with van der Waals surface area (Å²) in [4.78, 5) is 7.61. The summed E-state index contributed by atoms with van der Waals surface area (Å²) in [5.74, 6) is 0. The number of anilines is 1. The fourth-order valence-corrected chi connectivity index (χ4v) is 5.52. The van der Waals surface area contributed by atoms with Crippen LogP contribution in [0.2, 0.25) is 0 Å². The molecule has 9 nitrogen and oxygen atoms in total. The zero-order valence-electron chi connectivity index (χ0n) is 18.8. The molecule has 11 heteroatoms. The molecular weight excluding hydrogens is 486 g/mol. The highest BCUT2D eigenvalue weighted by atomic mass is 32.2. The molecule has 5 rings (SSSR count). The van der Waals surface area contributed by atoms with Crippen molar-refractivity contribution in [2.75, 3.05) is 18.6 Å². The third kappa shape index (κ3) is 4.19. The van der Waals surface area contributed by atoms with E-state index in [9.17, 15) is 16.8 Å². The van der Waals surface area contributed by atoms with Gasteiger partial charge in [-0.05, 0) is 48.0 Å². The number of hydrogen-bond donors (Lipinski definition) is 2. The molecule has 2 aromatic carbocycles. The number of sulfone groups is 1. The number of aromatic nitrogens is 4. The van der Waals surface area contributed by atoms with E-state index in [2.05, 4.69) is 20.4 Å². The first-order chi connectivity index (χ1) is 16.7. The monoisotopic (exact) mass is 507 g/mol. The zero-order valence-corrected chi connectivity index (χ0v) is 20.4. The Morgan fingerprint density at radius 3 is 2.20 bits per heavy atom. The van der Waals surface area contributed by atoms with Gasteiger partial charge >= 0.3 is 0 Å². The van der Waals surface area contributed by atoms with Gasteiger partial charge in [0, 0.05) is 53.5 Å². The van der Waals surface area contributed by atoms with Gasteiger partial charge in [-0.2, -0.15) is 17.6 Å². The van der Waals surface area contributed by atoms with Crippen molar-refractivity contribution in [2.24, 2.45) is 0 Å². The molecule has 2 N–H and O–H groups in total. The van der Waals surface area contributed by atoms with Crippen LogP contribution in [0.4, 0.5) is 5.69 Å². The minimum absolute atomic E-state index is 0.0419. The van der Waals surface area contributed by atoms with Gasteiger partial charge in [0.25, 0.3) is 10.0 Å². The Morgan fingerprint density at radius 2 is 1.54 bits per heavy atom. The highest BCUT2D eigenvalue weighted by Crippen LogP contribution is 2.31. The van der Waals surface area contributed by atoms with E-state index in [1.165, 1.54) is 36.7 Å². The lowest BCUT2D eigenvalue weighted by Crippen LogP contribution is -2.13. The van der Waals surface area contributed by atoms with Gasteiger partial charge in [0.1, 0.15) is 5.65 Å². The van der Waals surface area contributed by atoms with Crippen LogP contribution in [-0.4, -0.2) is 49.3 Å². The molecule has 35 heavy (non-hydrogen) atoms. The molecule has 3 heterocycles. The van der Waals surface area contributed by atoms with Crippen molar-refractivity contribution < 1.29 is 16.8 Å². The minimum atomic E-state index is -4.00. The molecular formula is C24H21N5O4S2. The van der Waals surface area contributed by atoms with Crippen molar-refractivity contribution in [1.29, 1.82) is 0 Å². The van der Waals surface area contributed by atoms with Crippen LogP contribution in [0.5, 0.6) is 0 Å². The van der Waals surface area contributed by atoms with Gasteiger partial charge in [0.2, 0.25) is 0 Å². The summed E-state index contributed by atoms with van der Waals surface area (Å²) in [7, 11) is -5.58. The van der Waals surface area contributed by atoms with Crippen LogP contribution in [0.25, 0.3) is 33.3 Å². The molecule has 0 aliphatic rings. The second-order valence-corrected chi connectivity index (χ2v) is 11.8. The van der Waals surface area contributed by atoms with Crippen LogP contribution in [0, 0.1) is 0 Å². The lowest BCUT2D eigenvalue weighted by atomic mass is 10.0. The molecule has 178 valence electrons. The van der Waals surface area contributed by atoms with Gasteiger partial charge in [0.05, 0.1) is 22.2 Å². The highest BCUT2D eigenvalue weighted by Gasteiger charge is 2.20. The van der Waals surface area contributed by atoms with Gasteiger partial charge in [-0.3, -0.25) is 0 Å². The SMILES string of the molecule is CNc1ccc(-c2cnc3[nH]cc(-c4cnn(S(=O)(=O)c5ccc(S(C)(=O)=O)cc5)c4)c3c2)cc1. The minimum Gasteiger partial charge on any atom is -0.388 e. The molecule has 3 aromatic heterocycles. The first-order valence-corrected chi connectivity index (χ1v) is 13.9. The Kier molecular flexibility index (Phi) is 5.45. The van der Waals surface area contributed by atoms with E-state index in [4.69, 9.17) is 0 Å². The van der Waals surface area contributed by atoms with Crippen LogP contribution in [0.1, 0.15) is 0 Å². The Balaban J connectivity index is 1.51. The standard InChI is InChI=1S/C24H21N5O4S2/c1-25-19-5-3-16(4-6-19)17-11-22-23(14-27-24(22)26-12-17)18-13-28-29(15-18)35(32,33)21-9-7-20(8-10-21)34(2,30)31/h3-15,25H,1-2H3,(H,26,27). The van der Waals surface area contributed by atoms with Crippen molar-refractivity contribution >= 4 is 36.6 Å². The third-order valence-electron chi connectivity index (χ3n) is 5.71. The number of aromatic amines is 1. The molecule has 0 spiro atoms. The smallest absolute Gasteiger partial charge is 0.282 e. The van der Waals surface area contributed by atoms with E-state index >= 15 is 0 Å². The summed E-state index contributed by atoms with van der Waals surface area (Å²) in [6, 6.07) is 15.0. The number of rotatable bonds is 6. The Morgan fingerprint density at radius 1 is 0.857 bits per heavy atom. The van der Waals surface area contributed by atoms with Crippen LogP contribution < -0.4 is 5.32 Å². The largest absolute Gasteiger partial charge is 0.388 e. The number of benzene rings is 2. The second-order valence-electron chi connectivity index (χ2n) is 8.00. The summed E-state index contributed by atoms with van der Waals surface area (Å²) in [5, 5.41) is 7.99. The Labute approximate surface area is 202 Å². The maximum absolute atomic E-state index is 13.1. The fraction of sp³-hybridized carbons (Fsp3) is 0.0833. The molecule has 0 saturated carbocycles. The maximum Gasteiger partial charge on any atom is 0.282 e. The topological polar surface area (TPSA) is 127 Å². The van der Waals surface area contributed by atoms with E-state index in [0.717, 1.165) is 38.1 Å². The van der Waals surface area contributed by atoms with Crippen LogP contribution in [-0.2, 0) is 19.9 Å². The van der Waals surface area contributed by atoms with Crippen LogP contribution in [0.15, 0.2) is 89.2 Å². The number of fused-ring (bicyclic) bond motifs is 1. The number of pyridine rings is 1. The van der Waals surface area contributed by atoms with E-state index in [1.807, 2.05) is 37.4 Å². The average molecular weight is 508 g/mol. The van der Waals surface area contributed by atoms with Crippen molar-refractivity contribution in [2.45, 2.75) is 9.79 Å². The van der Waals surface area contributed by atoms with Gasteiger partial charge in [0.15, 0.2) is 9.84 Å². The van der Waals surface area contributed by atoms with E-state index in [-0.39, 0.29) is 9.79 Å². The molecule has 0 radical (unpaired) electrons. The van der Waals surface area contributed by atoms with Crippen molar-refractivity contribution in [3.8, 4) is 22.3 Å². The zero-order chi connectivity index (χ0) is 24.8. The summed E-state index contributed by atoms with van der Waals surface area (Å²) in [5.41, 5.74) is 4.95. The quantitative estimate of drug-likeness (QED) is 0.358. The van der Waals surface area contributed by atoms with Crippen molar-refractivity contribution in [1.82, 2.24) is 19.2 Å². The van der Waals surface area contributed by atoms with Crippen LogP contribution >= 0.6 is 0 Å². The first kappa shape index (κ1) is 22.8. The summed E-state index contributed by atoms with van der Waals surface area (Å²) >= 11 is 0. The molecule has 5 aromatic rings. The van der Waals surface area contributed by atoms with E-state index < -0.39 is 19.9 Å². The highest BCUT2D eigenvalue weighted by molar-refractivity contribution is 7.91. The Hall–Kier alpha value is -3.96. The number of nitrogens with zero attached hydrogens (tertiary/aromatic N) is 3. The third-order valence-corrected chi connectivity index (χ3v) is 8.39. The fourth-order valence-electron chi connectivity index (χ4n) is 3.77. The van der Waals surface area contributed by atoms with Crippen molar-refractivity contribution in [3.63, 3.8) is 0 Å². The summed E-state index contributed by atoms with van der Waals surface area (Å²) < 4.78 is 50.3. The molecule has 0 atom stereocenters. The normalized spacial score (nSPS) is 12.2. The number of H-pyrrole nitrogens is 1. The molecule has 0 unspecified atom stereocenters. The molecule has 0 amide bonds. The van der Waals surface area contributed by atoms with E-state index in [1.54, 1.807) is 12.4 Å².